The maximum atomic E-state index is 12.0. The minimum Gasteiger partial charge on any atom is -0.384 e. The number of amides is 1. The molecule has 20 heavy (non-hydrogen) atoms. The Balaban J connectivity index is 1.98. The maximum absolute atomic E-state index is 12.0. The molecule has 0 bridgehead atoms. The molecule has 0 aliphatic carbocycles. The third-order valence-electron chi connectivity index (χ3n) is 2.85. The van der Waals surface area contributed by atoms with Crippen molar-refractivity contribution in [2.75, 3.05) is 6.61 Å². The van der Waals surface area contributed by atoms with Crippen LogP contribution in [0.2, 0.25) is 0 Å². The summed E-state index contributed by atoms with van der Waals surface area (Å²) in [5.74, 6) is 5.25. The van der Waals surface area contributed by atoms with E-state index >= 15 is 0 Å². The molecular weight excluding hydrogens is 270 g/mol. The minimum atomic E-state index is -0.174. The van der Waals surface area contributed by atoms with Crippen LogP contribution in [0.5, 0.6) is 0 Å². The number of nitrogens with one attached hydrogen (secondary N) is 1. The molecule has 2 rings (SSSR count). The van der Waals surface area contributed by atoms with Crippen molar-refractivity contribution in [3.05, 3.63) is 57.3 Å². The second-order valence-corrected chi connectivity index (χ2v) is 5.18. The van der Waals surface area contributed by atoms with E-state index in [1.54, 1.807) is 11.4 Å². The summed E-state index contributed by atoms with van der Waals surface area (Å²) >= 11 is 1.40. The average molecular weight is 285 g/mol. The average Bonchev–Trinajstić information content (AvgIpc) is 2.93. The van der Waals surface area contributed by atoms with Gasteiger partial charge in [-0.3, -0.25) is 4.79 Å². The van der Waals surface area contributed by atoms with Gasteiger partial charge in [0.25, 0.3) is 5.91 Å². The number of carbonyl (C=O) groups is 1. The molecule has 0 aliphatic heterocycles. The Hall–Kier alpha value is -2.09. The van der Waals surface area contributed by atoms with Crippen molar-refractivity contribution in [1.29, 1.82) is 0 Å². The highest BCUT2D eigenvalue weighted by molar-refractivity contribution is 7.10. The third-order valence-corrected chi connectivity index (χ3v) is 3.70. The fourth-order valence-electron chi connectivity index (χ4n) is 1.73. The quantitative estimate of drug-likeness (QED) is 0.850. The topological polar surface area (TPSA) is 49.3 Å². The predicted molar refractivity (Wildman–Crippen MR) is 80.6 cm³/mol. The van der Waals surface area contributed by atoms with Crippen LogP contribution in [0.1, 0.15) is 26.4 Å². The van der Waals surface area contributed by atoms with Crippen molar-refractivity contribution in [3.8, 4) is 11.8 Å². The number of thiophene rings is 1. The van der Waals surface area contributed by atoms with Crippen molar-refractivity contribution in [1.82, 2.24) is 5.32 Å². The molecule has 0 saturated heterocycles. The van der Waals surface area contributed by atoms with Crippen LogP contribution in [0, 0.1) is 18.8 Å². The first-order valence-corrected chi connectivity index (χ1v) is 7.09. The number of benzene rings is 1. The molecule has 2 N–H and O–H groups in total. The van der Waals surface area contributed by atoms with Crippen LogP contribution in [-0.2, 0) is 6.54 Å². The first-order chi connectivity index (χ1) is 9.70. The highest BCUT2D eigenvalue weighted by Gasteiger charge is 2.08. The molecule has 0 spiro atoms. The van der Waals surface area contributed by atoms with E-state index in [2.05, 4.69) is 17.2 Å². The monoisotopic (exact) mass is 285 g/mol. The molecule has 1 aromatic carbocycles. The number of rotatable bonds is 3. The number of hydrogen-bond donors (Lipinski definition) is 2. The van der Waals surface area contributed by atoms with Crippen LogP contribution < -0.4 is 5.32 Å². The summed E-state index contributed by atoms with van der Waals surface area (Å²) in [6, 6.07) is 9.70. The Kier molecular flexibility index (Phi) is 4.94. The molecule has 4 heteroatoms. The van der Waals surface area contributed by atoms with Gasteiger partial charge in [0, 0.05) is 11.9 Å². The van der Waals surface area contributed by atoms with E-state index in [4.69, 9.17) is 5.11 Å². The van der Waals surface area contributed by atoms with Crippen molar-refractivity contribution in [3.63, 3.8) is 0 Å². The first-order valence-electron chi connectivity index (χ1n) is 6.21. The van der Waals surface area contributed by atoms with Gasteiger partial charge in [-0.2, -0.15) is 0 Å². The van der Waals surface area contributed by atoms with E-state index in [1.165, 1.54) is 11.3 Å². The van der Waals surface area contributed by atoms with Gasteiger partial charge in [0.1, 0.15) is 6.61 Å². The molecule has 0 atom stereocenters. The molecule has 0 aliphatic rings. The summed E-state index contributed by atoms with van der Waals surface area (Å²) in [4.78, 5) is 12.8. The summed E-state index contributed by atoms with van der Waals surface area (Å²) in [5, 5.41) is 13.3. The van der Waals surface area contributed by atoms with Gasteiger partial charge < -0.3 is 10.4 Å². The van der Waals surface area contributed by atoms with Gasteiger partial charge in [0.2, 0.25) is 0 Å². The summed E-state index contributed by atoms with van der Waals surface area (Å²) in [6.07, 6.45) is 0. The second-order valence-electron chi connectivity index (χ2n) is 4.27. The molecule has 0 saturated carbocycles. The van der Waals surface area contributed by atoms with E-state index in [1.807, 2.05) is 31.2 Å². The van der Waals surface area contributed by atoms with E-state index < -0.39 is 0 Å². The maximum Gasteiger partial charge on any atom is 0.252 e. The number of aryl methyl sites for hydroxylation is 1. The lowest BCUT2D eigenvalue weighted by atomic mass is 10.1. The highest BCUT2D eigenvalue weighted by atomic mass is 32.1. The minimum absolute atomic E-state index is 0.110. The summed E-state index contributed by atoms with van der Waals surface area (Å²) in [7, 11) is 0. The molecule has 1 amide bonds. The number of aliphatic hydroxyl groups is 1. The Morgan fingerprint density at radius 2 is 2.20 bits per heavy atom. The fourth-order valence-corrected chi connectivity index (χ4v) is 2.49. The SMILES string of the molecule is Cc1ccccc1CNC(=O)c1csc(C#CCO)c1. The van der Waals surface area contributed by atoms with Gasteiger partial charge in [-0.1, -0.05) is 36.1 Å². The Bertz CT molecular complexity index is 664. The molecule has 102 valence electrons. The van der Waals surface area contributed by atoms with Crippen LogP contribution >= 0.6 is 11.3 Å². The van der Waals surface area contributed by atoms with Gasteiger partial charge in [-0.25, -0.2) is 0 Å². The van der Waals surface area contributed by atoms with Gasteiger partial charge >= 0.3 is 0 Å². The standard InChI is InChI=1S/C16H15NO2S/c1-12-5-2-3-6-13(12)10-17-16(19)14-9-15(20-11-14)7-4-8-18/h2-3,5-6,9,11,18H,8,10H2,1H3,(H,17,19). The molecule has 0 unspecified atom stereocenters. The largest absolute Gasteiger partial charge is 0.384 e. The molecule has 2 aromatic rings. The van der Waals surface area contributed by atoms with Crippen LogP contribution in [0.25, 0.3) is 0 Å². The van der Waals surface area contributed by atoms with Crippen LogP contribution in [0.3, 0.4) is 0 Å². The van der Waals surface area contributed by atoms with E-state index in [-0.39, 0.29) is 12.5 Å². The molecule has 3 nitrogen and oxygen atoms in total. The zero-order valence-electron chi connectivity index (χ0n) is 11.1. The molecular formula is C16H15NO2S. The van der Waals surface area contributed by atoms with Gasteiger partial charge in [-0.05, 0) is 24.1 Å². The lowest BCUT2D eigenvalue weighted by Gasteiger charge is -2.06. The smallest absolute Gasteiger partial charge is 0.252 e. The number of carbonyl (C=O) groups excluding carboxylic acids is 1. The molecule has 1 heterocycles. The second kappa shape index (κ2) is 6.90. The first kappa shape index (κ1) is 14.3. The van der Waals surface area contributed by atoms with Crippen LogP contribution in [0.15, 0.2) is 35.7 Å². The number of aliphatic hydroxyl groups excluding tert-OH is 1. The Morgan fingerprint density at radius 1 is 1.40 bits per heavy atom. The fraction of sp³-hybridized carbons (Fsp3) is 0.188. The molecule has 0 radical (unpaired) electrons. The van der Waals surface area contributed by atoms with E-state index in [9.17, 15) is 4.79 Å². The Morgan fingerprint density at radius 3 is 2.95 bits per heavy atom. The van der Waals surface area contributed by atoms with Crippen molar-refractivity contribution in [2.24, 2.45) is 0 Å². The van der Waals surface area contributed by atoms with Crippen LogP contribution in [0.4, 0.5) is 0 Å². The Labute approximate surface area is 122 Å². The van der Waals surface area contributed by atoms with E-state index in [0.29, 0.717) is 12.1 Å². The summed E-state index contributed by atoms with van der Waals surface area (Å²) in [6.45, 7) is 2.36. The lowest BCUT2D eigenvalue weighted by molar-refractivity contribution is 0.0951. The predicted octanol–water partition coefficient (Wildman–Crippen LogP) is 2.33. The van der Waals surface area contributed by atoms with Gasteiger partial charge in [-0.15, -0.1) is 11.3 Å². The van der Waals surface area contributed by atoms with E-state index in [0.717, 1.165) is 16.0 Å². The van der Waals surface area contributed by atoms with Crippen LogP contribution in [-0.4, -0.2) is 17.6 Å². The zero-order chi connectivity index (χ0) is 14.4. The molecule has 1 aromatic heterocycles. The lowest BCUT2D eigenvalue weighted by Crippen LogP contribution is -2.22. The normalized spacial score (nSPS) is 9.70. The zero-order valence-corrected chi connectivity index (χ0v) is 12.0. The van der Waals surface area contributed by atoms with Gasteiger partial charge in [0.05, 0.1) is 10.4 Å². The third kappa shape index (κ3) is 3.70. The number of hydrogen-bond acceptors (Lipinski definition) is 3. The molecule has 0 fully saturated rings. The summed E-state index contributed by atoms with van der Waals surface area (Å²) < 4.78 is 0. The highest BCUT2D eigenvalue weighted by Crippen LogP contribution is 2.14. The van der Waals surface area contributed by atoms with Gasteiger partial charge in [0.15, 0.2) is 0 Å². The summed E-state index contributed by atoms with van der Waals surface area (Å²) in [5.41, 5.74) is 2.87. The van der Waals surface area contributed by atoms with Crippen molar-refractivity contribution >= 4 is 17.2 Å². The van der Waals surface area contributed by atoms with Crippen molar-refractivity contribution < 1.29 is 9.90 Å². The van der Waals surface area contributed by atoms with Crippen molar-refractivity contribution in [2.45, 2.75) is 13.5 Å².